The number of esters is 1. The first-order valence-corrected chi connectivity index (χ1v) is 7.86. The van der Waals surface area contributed by atoms with E-state index in [1.165, 1.54) is 0 Å². The van der Waals surface area contributed by atoms with Gasteiger partial charge < -0.3 is 9.15 Å². The minimum Gasteiger partial charge on any atom is -0.452 e. The van der Waals surface area contributed by atoms with Gasteiger partial charge in [0.2, 0.25) is 5.89 Å². The Hall–Kier alpha value is -3.41. The van der Waals surface area contributed by atoms with E-state index in [4.69, 9.17) is 9.15 Å². The first-order chi connectivity index (χ1) is 12.3. The Balaban J connectivity index is 1.38. The van der Waals surface area contributed by atoms with Crippen molar-refractivity contribution in [2.75, 3.05) is 0 Å². The second-order valence-electron chi connectivity index (χ2n) is 5.55. The zero-order valence-electron chi connectivity index (χ0n) is 13.3. The van der Waals surface area contributed by atoms with Crippen LogP contribution in [0, 0.1) is 0 Å². The smallest absolute Gasteiger partial charge is 0.338 e. The van der Waals surface area contributed by atoms with E-state index in [2.05, 4.69) is 10.1 Å². The third-order valence-corrected chi connectivity index (χ3v) is 3.76. The molecule has 124 valence electrons. The number of oxazole rings is 1. The third kappa shape index (κ3) is 3.42. The van der Waals surface area contributed by atoms with Gasteiger partial charge in [-0.15, -0.1) is 0 Å². The van der Waals surface area contributed by atoms with Gasteiger partial charge in [0.25, 0.3) is 0 Å². The van der Waals surface area contributed by atoms with Crippen LogP contribution >= 0.6 is 0 Å². The van der Waals surface area contributed by atoms with Crippen molar-refractivity contribution in [3.8, 4) is 0 Å². The topological polar surface area (TPSA) is 70.2 Å². The summed E-state index contributed by atoms with van der Waals surface area (Å²) in [5.74, 6) is -0.0299. The molecule has 4 aromatic rings. The summed E-state index contributed by atoms with van der Waals surface area (Å²) in [5, 5.41) is 4.16. The van der Waals surface area contributed by atoms with E-state index in [1.54, 1.807) is 18.3 Å². The van der Waals surface area contributed by atoms with Crippen LogP contribution in [-0.2, 0) is 17.9 Å². The number of hydrogen-bond acceptors (Lipinski definition) is 5. The minimum absolute atomic E-state index is 0.00253. The lowest BCUT2D eigenvalue weighted by molar-refractivity contribution is 0.0440. The molecule has 2 aromatic heterocycles. The van der Waals surface area contributed by atoms with Crippen LogP contribution in [0.15, 0.2) is 71.4 Å². The Morgan fingerprint density at radius 3 is 2.68 bits per heavy atom. The van der Waals surface area contributed by atoms with Crippen LogP contribution < -0.4 is 0 Å². The number of para-hydroxylation sites is 2. The second kappa shape index (κ2) is 6.60. The molecule has 0 N–H and O–H groups in total. The first-order valence-electron chi connectivity index (χ1n) is 7.86. The number of fused-ring (bicyclic) bond motifs is 1. The fraction of sp³-hybridized carbons (Fsp3) is 0.105. The average molecular weight is 333 g/mol. The van der Waals surface area contributed by atoms with Gasteiger partial charge in [0.15, 0.2) is 12.2 Å². The van der Waals surface area contributed by atoms with Crippen LogP contribution in [0.2, 0.25) is 0 Å². The quantitative estimate of drug-likeness (QED) is 0.523. The lowest BCUT2D eigenvalue weighted by Gasteiger charge is -2.05. The van der Waals surface area contributed by atoms with E-state index in [1.807, 2.05) is 53.3 Å². The van der Waals surface area contributed by atoms with Crippen LogP contribution in [0.25, 0.3) is 11.1 Å². The Kier molecular flexibility index (Phi) is 4.00. The maximum absolute atomic E-state index is 12.2. The number of carbonyl (C=O) groups is 1. The highest BCUT2D eigenvalue weighted by atomic mass is 16.5. The van der Waals surface area contributed by atoms with Crippen molar-refractivity contribution in [2.24, 2.45) is 0 Å². The Morgan fingerprint density at radius 2 is 1.92 bits per heavy atom. The summed E-state index contributed by atoms with van der Waals surface area (Å²) in [6, 6.07) is 16.6. The lowest BCUT2D eigenvalue weighted by Crippen LogP contribution is -2.06. The predicted molar refractivity (Wildman–Crippen MR) is 90.9 cm³/mol. The molecule has 0 aliphatic rings. The average Bonchev–Trinajstić information content (AvgIpc) is 3.29. The molecule has 0 saturated carbocycles. The molecule has 6 nitrogen and oxygen atoms in total. The molecule has 6 heteroatoms. The molecular formula is C19H15N3O3. The number of benzene rings is 2. The van der Waals surface area contributed by atoms with Crippen molar-refractivity contribution < 1.29 is 13.9 Å². The summed E-state index contributed by atoms with van der Waals surface area (Å²) in [6.07, 6.45) is 3.63. The van der Waals surface area contributed by atoms with Crippen molar-refractivity contribution in [1.29, 1.82) is 0 Å². The summed E-state index contributed by atoms with van der Waals surface area (Å²) < 4.78 is 12.6. The number of hydrogen-bond donors (Lipinski definition) is 0. The van der Waals surface area contributed by atoms with Gasteiger partial charge in [-0.25, -0.2) is 9.78 Å². The van der Waals surface area contributed by atoms with Gasteiger partial charge in [0.1, 0.15) is 5.52 Å². The van der Waals surface area contributed by atoms with Gasteiger partial charge >= 0.3 is 5.97 Å². The van der Waals surface area contributed by atoms with Crippen molar-refractivity contribution in [2.45, 2.75) is 13.2 Å². The van der Waals surface area contributed by atoms with Crippen LogP contribution in [0.4, 0.5) is 0 Å². The molecule has 0 spiro atoms. The lowest BCUT2D eigenvalue weighted by atomic mass is 10.1. The maximum Gasteiger partial charge on any atom is 0.338 e. The zero-order valence-corrected chi connectivity index (χ0v) is 13.3. The molecule has 0 aliphatic carbocycles. The summed E-state index contributed by atoms with van der Waals surface area (Å²) in [6.45, 7) is 0.661. The Bertz CT molecular complexity index is 955. The van der Waals surface area contributed by atoms with Crippen molar-refractivity contribution >= 4 is 17.1 Å². The molecule has 4 rings (SSSR count). The third-order valence-electron chi connectivity index (χ3n) is 3.76. The fourth-order valence-corrected chi connectivity index (χ4v) is 2.52. The van der Waals surface area contributed by atoms with E-state index >= 15 is 0 Å². The molecule has 2 heterocycles. The molecule has 0 aliphatic heterocycles. The second-order valence-corrected chi connectivity index (χ2v) is 5.55. The Morgan fingerprint density at radius 1 is 1.08 bits per heavy atom. The van der Waals surface area contributed by atoms with Gasteiger partial charge in [0, 0.05) is 12.4 Å². The molecule has 0 amide bonds. The number of carbonyl (C=O) groups excluding carboxylic acids is 1. The molecule has 0 unspecified atom stereocenters. The van der Waals surface area contributed by atoms with Crippen molar-refractivity contribution in [3.63, 3.8) is 0 Å². The number of nitrogens with zero attached hydrogens (tertiary/aromatic N) is 3. The highest BCUT2D eigenvalue weighted by Crippen LogP contribution is 2.16. The predicted octanol–water partition coefficient (Wildman–Crippen LogP) is 3.43. The van der Waals surface area contributed by atoms with E-state index < -0.39 is 5.97 Å². The first kappa shape index (κ1) is 15.1. The largest absolute Gasteiger partial charge is 0.452 e. The molecule has 0 atom stereocenters. The standard InChI is InChI=1S/C19H15N3O3/c23-19(24-13-18-21-16-4-1-2-5-17(16)25-18)15-8-6-14(7-9-15)12-22-11-3-10-20-22/h1-11H,12-13H2. The summed E-state index contributed by atoms with van der Waals surface area (Å²) >= 11 is 0. The van der Waals surface area contributed by atoms with E-state index in [0.717, 1.165) is 11.1 Å². The van der Waals surface area contributed by atoms with Gasteiger partial charge in [0.05, 0.1) is 12.1 Å². The molecule has 25 heavy (non-hydrogen) atoms. The molecule has 0 bridgehead atoms. The van der Waals surface area contributed by atoms with E-state index in [9.17, 15) is 4.79 Å². The van der Waals surface area contributed by atoms with Crippen LogP contribution in [0.1, 0.15) is 21.8 Å². The number of ether oxygens (including phenoxy) is 1. The van der Waals surface area contributed by atoms with Gasteiger partial charge in [-0.05, 0) is 35.9 Å². The molecule has 0 saturated heterocycles. The summed E-state index contributed by atoms with van der Waals surface area (Å²) in [4.78, 5) is 16.4. The van der Waals surface area contributed by atoms with E-state index in [0.29, 0.717) is 23.6 Å². The Labute approximate surface area is 143 Å². The van der Waals surface area contributed by atoms with Crippen LogP contribution in [0.3, 0.4) is 0 Å². The van der Waals surface area contributed by atoms with Crippen molar-refractivity contribution in [3.05, 3.63) is 84.0 Å². The highest BCUT2D eigenvalue weighted by Gasteiger charge is 2.11. The SMILES string of the molecule is O=C(OCc1nc2ccccc2o1)c1ccc(Cn2cccn2)cc1. The summed E-state index contributed by atoms with van der Waals surface area (Å²) in [5.41, 5.74) is 2.97. The normalized spacial score (nSPS) is 10.9. The van der Waals surface area contributed by atoms with Gasteiger partial charge in [-0.3, -0.25) is 4.68 Å². The van der Waals surface area contributed by atoms with E-state index in [-0.39, 0.29) is 6.61 Å². The monoisotopic (exact) mass is 333 g/mol. The van der Waals surface area contributed by atoms with Crippen LogP contribution in [-0.4, -0.2) is 20.7 Å². The minimum atomic E-state index is -0.409. The van der Waals surface area contributed by atoms with Crippen molar-refractivity contribution in [1.82, 2.24) is 14.8 Å². The molecule has 2 aromatic carbocycles. The van der Waals surface area contributed by atoms with Crippen LogP contribution in [0.5, 0.6) is 0 Å². The van der Waals surface area contributed by atoms with Gasteiger partial charge in [-0.2, -0.15) is 5.10 Å². The molecule has 0 radical (unpaired) electrons. The highest BCUT2D eigenvalue weighted by molar-refractivity contribution is 5.89. The summed E-state index contributed by atoms with van der Waals surface area (Å²) in [7, 11) is 0. The number of aromatic nitrogens is 3. The fourth-order valence-electron chi connectivity index (χ4n) is 2.52. The van der Waals surface area contributed by atoms with Gasteiger partial charge in [-0.1, -0.05) is 24.3 Å². The zero-order chi connectivity index (χ0) is 17.1. The molecular weight excluding hydrogens is 318 g/mol. The number of rotatable bonds is 5. The molecule has 0 fully saturated rings. The maximum atomic E-state index is 12.2.